The zero-order valence-electron chi connectivity index (χ0n) is 7.64. The highest BCUT2D eigenvalue weighted by Gasteiger charge is 1.97. The third-order valence-corrected chi connectivity index (χ3v) is 2.15. The minimum Gasteiger partial charge on any atom is -0.261 e. The quantitative estimate of drug-likeness (QED) is 0.749. The number of aryl methyl sites for hydroxylation is 1. The lowest BCUT2D eigenvalue weighted by atomic mass is 10.2. The fourth-order valence-corrected chi connectivity index (χ4v) is 1.24. The Morgan fingerprint density at radius 3 is 2.93 bits per heavy atom. The fourth-order valence-electron chi connectivity index (χ4n) is 1.09. The molecule has 0 fully saturated rings. The van der Waals surface area contributed by atoms with Gasteiger partial charge in [-0.3, -0.25) is 4.98 Å². The van der Waals surface area contributed by atoms with Gasteiger partial charge < -0.3 is 0 Å². The Bertz CT molecular complexity index is 469. The molecule has 0 aliphatic carbocycles. The van der Waals surface area contributed by atoms with E-state index in [-0.39, 0.29) is 0 Å². The molecule has 2 aromatic rings. The number of H-pyrrole nitrogens is 1. The lowest BCUT2D eigenvalue weighted by Gasteiger charge is -2.00. The molecule has 0 aliphatic rings. The summed E-state index contributed by atoms with van der Waals surface area (Å²) in [5.41, 5.74) is 2.07. The molecule has 0 spiro atoms. The van der Waals surface area contributed by atoms with Gasteiger partial charge in [-0.15, -0.1) is 0 Å². The average molecular weight is 207 g/mol. The van der Waals surface area contributed by atoms with Crippen LogP contribution in [0.2, 0.25) is 0 Å². The van der Waals surface area contributed by atoms with Crippen LogP contribution in [0.15, 0.2) is 18.3 Å². The zero-order valence-corrected chi connectivity index (χ0v) is 8.45. The second-order valence-electron chi connectivity index (χ2n) is 2.98. The van der Waals surface area contributed by atoms with Gasteiger partial charge in [0, 0.05) is 11.9 Å². The van der Waals surface area contributed by atoms with Crippen molar-refractivity contribution in [3.05, 3.63) is 34.4 Å². The van der Waals surface area contributed by atoms with E-state index in [1.807, 2.05) is 25.3 Å². The minimum absolute atomic E-state index is 0.450. The predicted molar refractivity (Wildman–Crippen MR) is 53.3 cm³/mol. The number of hydrogen-bond acceptors (Lipinski definition) is 4. The first-order valence-corrected chi connectivity index (χ1v) is 4.56. The second-order valence-corrected chi connectivity index (χ2v) is 3.34. The van der Waals surface area contributed by atoms with Gasteiger partial charge in [0.2, 0.25) is 4.77 Å². The van der Waals surface area contributed by atoms with Crippen molar-refractivity contribution in [3.8, 4) is 0 Å². The van der Waals surface area contributed by atoms with E-state index in [9.17, 15) is 0 Å². The van der Waals surface area contributed by atoms with Crippen LogP contribution in [0.3, 0.4) is 0 Å². The molecule has 0 saturated carbocycles. The van der Waals surface area contributed by atoms with E-state index >= 15 is 0 Å². The van der Waals surface area contributed by atoms with Crippen LogP contribution in [0, 0.1) is 11.7 Å². The van der Waals surface area contributed by atoms with Crippen molar-refractivity contribution >= 4 is 12.2 Å². The maximum absolute atomic E-state index is 4.95. The van der Waals surface area contributed by atoms with E-state index < -0.39 is 0 Å². The normalized spacial score (nSPS) is 10.4. The molecule has 0 bridgehead atoms. The summed E-state index contributed by atoms with van der Waals surface area (Å²) >= 11 is 4.95. The summed E-state index contributed by atoms with van der Waals surface area (Å²) in [7, 11) is 0. The van der Waals surface area contributed by atoms with Crippen LogP contribution in [-0.2, 0) is 6.54 Å². The summed E-state index contributed by atoms with van der Waals surface area (Å²) in [4.78, 5) is 4.19. The molecule has 14 heavy (non-hydrogen) atoms. The van der Waals surface area contributed by atoms with Gasteiger partial charge in [0.25, 0.3) is 0 Å². The van der Waals surface area contributed by atoms with Gasteiger partial charge in [-0.05, 0) is 30.8 Å². The van der Waals surface area contributed by atoms with Gasteiger partial charge in [-0.2, -0.15) is 5.21 Å². The molecular formula is C8H9N5S. The standard InChI is InChI=1S/C8H9N5S/c1-6-2-3-7(4-9-6)5-13-8(14)10-11-12-13/h2-4H,5H2,1H3,(H,10,12,14). The van der Waals surface area contributed by atoms with Crippen LogP contribution in [0.1, 0.15) is 11.3 Å². The molecule has 0 aliphatic heterocycles. The number of nitrogens with one attached hydrogen (secondary N) is 1. The lowest BCUT2D eigenvalue weighted by molar-refractivity contribution is 0.640. The average Bonchev–Trinajstić information content (AvgIpc) is 2.56. The van der Waals surface area contributed by atoms with Gasteiger partial charge in [0.1, 0.15) is 0 Å². The van der Waals surface area contributed by atoms with Crippen molar-refractivity contribution in [2.24, 2.45) is 0 Å². The number of nitrogens with zero attached hydrogens (tertiary/aromatic N) is 4. The van der Waals surface area contributed by atoms with Crippen molar-refractivity contribution in [3.63, 3.8) is 0 Å². The highest BCUT2D eigenvalue weighted by molar-refractivity contribution is 7.71. The van der Waals surface area contributed by atoms with Gasteiger partial charge in [0.05, 0.1) is 6.54 Å². The van der Waals surface area contributed by atoms with Gasteiger partial charge >= 0.3 is 0 Å². The maximum Gasteiger partial charge on any atom is 0.238 e. The molecular weight excluding hydrogens is 198 g/mol. The van der Waals surface area contributed by atoms with Gasteiger partial charge in [-0.25, -0.2) is 4.68 Å². The molecule has 2 aromatic heterocycles. The predicted octanol–water partition coefficient (Wildman–Crippen LogP) is 1.09. The molecule has 2 heterocycles. The largest absolute Gasteiger partial charge is 0.261 e. The SMILES string of the molecule is Cc1ccc(Cn2[nH]nnc2=S)cn1. The molecule has 72 valence electrons. The van der Waals surface area contributed by atoms with Crippen LogP contribution in [0.25, 0.3) is 0 Å². The van der Waals surface area contributed by atoms with Crippen molar-refractivity contribution in [2.45, 2.75) is 13.5 Å². The van der Waals surface area contributed by atoms with E-state index in [0.717, 1.165) is 11.3 Å². The summed E-state index contributed by atoms with van der Waals surface area (Å²) in [6, 6.07) is 3.97. The molecule has 0 amide bonds. The monoisotopic (exact) mass is 207 g/mol. The van der Waals surface area contributed by atoms with E-state index in [2.05, 4.69) is 20.5 Å². The molecule has 0 aromatic carbocycles. The Labute approximate surface area is 85.8 Å². The van der Waals surface area contributed by atoms with Crippen molar-refractivity contribution in [1.82, 2.24) is 25.2 Å². The summed E-state index contributed by atoms with van der Waals surface area (Å²) in [5.74, 6) is 0. The number of aromatic nitrogens is 5. The number of tetrazole rings is 1. The third-order valence-electron chi connectivity index (χ3n) is 1.85. The molecule has 5 nitrogen and oxygen atoms in total. The Balaban J connectivity index is 2.23. The van der Waals surface area contributed by atoms with E-state index in [0.29, 0.717) is 11.3 Å². The summed E-state index contributed by atoms with van der Waals surface area (Å²) < 4.78 is 2.13. The number of pyridine rings is 1. The van der Waals surface area contributed by atoms with E-state index in [1.54, 1.807) is 4.68 Å². The Kier molecular flexibility index (Phi) is 2.36. The van der Waals surface area contributed by atoms with E-state index in [1.165, 1.54) is 0 Å². The molecule has 6 heteroatoms. The fraction of sp³-hybridized carbons (Fsp3) is 0.250. The first-order valence-electron chi connectivity index (χ1n) is 4.15. The molecule has 0 radical (unpaired) electrons. The summed E-state index contributed by atoms with van der Waals surface area (Å²) in [6.07, 6.45) is 1.82. The highest BCUT2D eigenvalue weighted by Crippen LogP contribution is 2.01. The Morgan fingerprint density at radius 2 is 2.36 bits per heavy atom. The van der Waals surface area contributed by atoms with Gasteiger partial charge in [0.15, 0.2) is 0 Å². The van der Waals surface area contributed by atoms with Crippen LogP contribution in [0.5, 0.6) is 0 Å². The highest BCUT2D eigenvalue weighted by atomic mass is 32.1. The third kappa shape index (κ3) is 1.85. The maximum atomic E-state index is 4.95. The summed E-state index contributed by atoms with van der Waals surface area (Å²) in [6.45, 7) is 2.58. The first kappa shape index (κ1) is 9.01. The second kappa shape index (κ2) is 3.67. The molecule has 1 N–H and O–H groups in total. The number of aromatic amines is 1. The zero-order chi connectivity index (χ0) is 9.97. The van der Waals surface area contributed by atoms with Crippen molar-refractivity contribution in [2.75, 3.05) is 0 Å². The number of rotatable bonds is 2. The number of hydrogen-bond donors (Lipinski definition) is 1. The smallest absolute Gasteiger partial charge is 0.238 e. The molecule has 0 atom stereocenters. The molecule has 0 unspecified atom stereocenters. The molecule has 0 saturated heterocycles. The minimum atomic E-state index is 0.450. The topological polar surface area (TPSA) is 59.4 Å². The van der Waals surface area contributed by atoms with Crippen LogP contribution >= 0.6 is 12.2 Å². The summed E-state index contributed by atoms with van der Waals surface area (Å²) in [5, 5.41) is 9.97. The van der Waals surface area contributed by atoms with Crippen LogP contribution in [0.4, 0.5) is 0 Å². The Morgan fingerprint density at radius 1 is 1.50 bits per heavy atom. The lowest BCUT2D eigenvalue weighted by Crippen LogP contribution is -2.02. The molecule has 2 rings (SSSR count). The van der Waals surface area contributed by atoms with Crippen LogP contribution in [-0.4, -0.2) is 25.2 Å². The van der Waals surface area contributed by atoms with Crippen LogP contribution < -0.4 is 0 Å². The Hall–Kier alpha value is -1.56. The van der Waals surface area contributed by atoms with Crippen molar-refractivity contribution in [1.29, 1.82) is 0 Å². The van der Waals surface area contributed by atoms with Crippen molar-refractivity contribution < 1.29 is 0 Å². The first-order chi connectivity index (χ1) is 6.75. The van der Waals surface area contributed by atoms with Gasteiger partial charge in [-0.1, -0.05) is 16.4 Å². The van der Waals surface area contributed by atoms with E-state index in [4.69, 9.17) is 12.2 Å².